The molecule has 37 heavy (non-hydrogen) atoms. The maximum Gasteiger partial charge on any atom is 0.266 e. The third-order valence-electron chi connectivity index (χ3n) is 7.52. The molecule has 198 valence electrons. The molecule has 7 heteroatoms. The molecule has 2 heterocycles. The zero-order chi connectivity index (χ0) is 26.4. The number of benzene rings is 2. The van der Waals surface area contributed by atoms with Gasteiger partial charge in [-0.25, -0.2) is 4.98 Å². The second kappa shape index (κ2) is 12.4. The van der Waals surface area contributed by atoms with E-state index in [2.05, 4.69) is 25.7 Å². The molecule has 1 amide bonds. The van der Waals surface area contributed by atoms with Gasteiger partial charge in [0, 0.05) is 32.1 Å². The molecule has 0 bridgehead atoms. The van der Waals surface area contributed by atoms with Crippen molar-refractivity contribution in [2.45, 2.75) is 71.4 Å². The first kappa shape index (κ1) is 26.9. The van der Waals surface area contributed by atoms with E-state index >= 15 is 0 Å². The highest BCUT2D eigenvalue weighted by Gasteiger charge is 2.32. The minimum Gasteiger partial charge on any atom is -0.495 e. The number of amides is 1. The molecule has 1 fully saturated rings. The molecule has 0 saturated carbocycles. The zero-order valence-electron chi connectivity index (χ0n) is 22.7. The van der Waals surface area contributed by atoms with Gasteiger partial charge < -0.3 is 9.64 Å². The fourth-order valence-corrected chi connectivity index (χ4v) is 5.37. The Hall–Kier alpha value is -3.19. The molecule has 2 aromatic carbocycles. The van der Waals surface area contributed by atoms with Crippen LogP contribution in [0.15, 0.2) is 53.3 Å². The Bertz CT molecular complexity index is 1270. The summed E-state index contributed by atoms with van der Waals surface area (Å²) >= 11 is 0. The van der Waals surface area contributed by atoms with E-state index in [0.29, 0.717) is 41.1 Å². The number of rotatable bonds is 10. The van der Waals surface area contributed by atoms with Crippen LogP contribution in [0.25, 0.3) is 16.6 Å². The van der Waals surface area contributed by atoms with Crippen LogP contribution in [0, 0.1) is 0 Å². The molecule has 3 aromatic rings. The molecule has 1 aliphatic rings. The van der Waals surface area contributed by atoms with E-state index in [0.717, 1.165) is 25.9 Å². The molecule has 2 atom stereocenters. The van der Waals surface area contributed by atoms with Crippen molar-refractivity contribution in [3.05, 3.63) is 64.7 Å². The number of ether oxygens (including phenoxy) is 1. The monoisotopic (exact) mass is 504 g/mol. The fraction of sp³-hybridized carbons (Fsp3) is 0.500. The molecule has 2 unspecified atom stereocenters. The molecule has 4 rings (SSSR count). The van der Waals surface area contributed by atoms with Gasteiger partial charge in [0.2, 0.25) is 5.91 Å². The van der Waals surface area contributed by atoms with Crippen LogP contribution in [0.1, 0.15) is 71.2 Å². The summed E-state index contributed by atoms with van der Waals surface area (Å²) in [6, 6.07) is 15.0. The van der Waals surface area contributed by atoms with E-state index in [1.165, 1.54) is 19.3 Å². The average molecular weight is 505 g/mol. The molecule has 0 N–H and O–H groups in total. The molecule has 1 saturated heterocycles. The van der Waals surface area contributed by atoms with Gasteiger partial charge in [0.25, 0.3) is 5.56 Å². The second-order valence-electron chi connectivity index (χ2n) is 10.1. The van der Waals surface area contributed by atoms with Crippen molar-refractivity contribution < 1.29 is 9.53 Å². The number of unbranched alkanes of at least 4 members (excludes halogenated alkanes) is 4. The van der Waals surface area contributed by atoms with E-state index in [1.54, 1.807) is 11.7 Å². The summed E-state index contributed by atoms with van der Waals surface area (Å²) in [4.78, 5) is 36.1. The molecule has 1 aromatic heterocycles. The number of hydrogen-bond donors (Lipinski definition) is 0. The van der Waals surface area contributed by atoms with Gasteiger partial charge in [0.1, 0.15) is 11.6 Å². The maximum atomic E-state index is 13.8. The predicted molar refractivity (Wildman–Crippen MR) is 148 cm³/mol. The zero-order valence-corrected chi connectivity index (χ0v) is 22.7. The highest BCUT2D eigenvalue weighted by atomic mass is 16.5. The number of hydrogen-bond acceptors (Lipinski definition) is 5. The quantitative estimate of drug-likeness (QED) is 0.348. The van der Waals surface area contributed by atoms with Crippen LogP contribution in [0.4, 0.5) is 0 Å². The summed E-state index contributed by atoms with van der Waals surface area (Å²) in [5, 5.41) is 0.576. The lowest BCUT2D eigenvalue weighted by Gasteiger charge is -2.42. The Morgan fingerprint density at radius 1 is 1.05 bits per heavy atom. The lowest BCUT2D eigenvalue weighted by atomic mass is 10.1. The van der Waals surface area contributed by atoms with Crippen molar-refractivity contribution >= 4 is 16.8 Å². The Labute approximate surface area is 220 Å². The minimum atomic E-state index is -0.129. The second-order valence-corrected chi connectivity index (χ2v) is 10.1. The molecular formula is C30H40N4O3. The van der Waals surface area contributed by atoms with E-state index in [4.69, 9.17) is 9.72 Å². The first-order chi connectivity index (χ1) is 18.0. The molecule has 0 radical (unpaired) electrons. The Morgan fingerprint density at radius 3 is 2.54 bits per heavy atom. The van der Waals surface area contributed by atoms with Crippen molar-refractivity contribution in [3.8, 4) is 11.4 Å². The topological polar surface area (TPSA) is 67.7 Å². The van der Waals surface area contributed by atoms with E-state index in [-0.39, 0.29) is 23.6 Å². The first-order valence-corrected chi connectivity index (χ1v) is 13.6. The summed E-state index contributed by atoms with van der Waals surface area (Å²) in [7, 11) is 1.61. The SMILES string of the molecule is CCCCCCCC(=O)N1CCN(C(C)c2nc3ccccc3c(=O)n2-c2ccccc2OC)CC1C. The highest BCUT2D eigenvalue weighted by molar-refractivity contribution is 5.78. The minimum absolute atomic E-state index is 0.103. The molecule has 7 nitrogen and oxygen atoms in total. The standard InChI is InChI=1S/C30H40N4O3/c1-5-6-7-8-9-18-28(35)33-20-19-32(21-22(33)2)23(3)29-31-25-15-11-10-14-24(25)30(36)34(29)26-16-12-13-17-27(26)37-4/h10-17,22-23H,5-9,18-21H2,1-4H3. The summed E-state index contributed by atoms with van der Waals surface area (Å²) in [5.41, 5.74) is 1.26. The van der Waals surface area contributed by atoms with Crippen molar-refractivity contribution in [2.75, 3.05) is 26.7 Å². The van der Waals surface area contributed by atoms with Gasteiger partial charge in [-0.3, -0.25) is 19.1 Å². The van der Waals surface area contributed by atoms with Gasteiger partial charge in [-0.1, -0.05) is 56.9 Å². The van der Waals surface area contributed by atoms with Crippen molar-refractivity contribution in [1.82, 2.24) is 19.4 Å². The van der Waals surface area contributed by atoms with E-state index in [1.807, 2.05) is 53.4 Å². The number of para-hydroxylation sites is 3. The fourth-order valence-electron chi connectivity index (χ4n) is 5.37. The van der Waals surface area contributed by atoms with Crippen LogP contribution in [0.2, 0.25) is 0 Å². The highest BCUT2D eigenvalue weighted by Crippen LogP contribution is 2.29. The van der Waals surface area contributed by atoms with Crippen molar-refractivity contribution in [3.63, 3.8) is 0 Å². The normalized spacial score (nSPS) is 17.2. The molecule has 1 aliphatic heterocycles. The number of nitrogens with zero attached hydrogens (tertiary/aromatic N) is 4. The smallest absolute Gasteiger partial charge is 0.266 e. The number of fused-ring (bicyclic) bond motifs is 1. The van der Waals surface area contributed by atoms with Gasteiger partial charge in [-0.15, -0.1) is 0 Å². The molecule has 0 spiro atoms. The number of carbonyl (C=O) groups is 1. The van der Waals surface area contributed by atoms with Crippen molar-refractivity contribution in [2.24, 2.45) is 0 Å². The average Bonchev–Trinajstić information content (AvgIpc) is 2.92. The van der Waals surface area contributed by atoms with Crippen LogP contribution in [0.5, 0.6) is 5.75 Å². The number of piperazine rings is 1. The van der Waals surface area contributed by atoms with Gasteiger partial charge >= 0.3 is 0 Å². The largest absolute Gasteiger partial charge is 0.495 e. The van der Waals surface area contributed by atoms with Crippen LogP contribution < -0.4 is 10.3 Å². The predicted octanol–water partition coefficient (Wildman–Crippen LogP) is 5.35. The maximum absolute atomic E-state index is 13.8. The molecule has 0 aliphatic carbocycles. The van der Waals surface area contributed by atoms with E-state index < -0.39 is 0 Å². The summed E-state index contributed by atoms with van der Waals surface area (Å²) < 4.78 is 7.31. The third kappa shape index (κ3) is 5.87. The van der Waals surface area contributed by atoms with Crippen LogP contribution >= 0.6 is 0 Å². The van der Waals surface area contributed by atoms with Gasteiger partial charge in [-0.05, 0) is 44.5 Å². The summed E-state index contributed by atoms with van der Waals surface area (Å²) in [6.07, 6.45) is 6.37. The Morgan fingerprint density at radius 2 is 1.78 bits per heavy atom. The lowest BCUT2D eigenvalue weighted by molar-refractivity contribution is -0.136. The van der Waals surface area contributed by atoms with Crippen LogP contribution in [-0.4, -0.2) is 58.0 Å². The number of carbonyl (C=O) groups excluding carboxylic acids is 1. The number of methoxy groups -OCH3 is 1. The third-order valence-corrected chi connectivity index (χ3v) is 7.52. The summed E-state index contributed by atoms with van der Waals surface area (Å²) in [5.74, 6) is 1.56. The van der Waals surface area contributed by atoms with Gasteiger partial charge in [-0.2, -0.15) is 0 Å². The Balaban J connectivity index is 1.59. The Kier molecular flexibility index (Phi) is 8.98. The van der Waals surface area contributed by atoms with Crippen LogP contribution in [-0.2, 0) is 4.79 Å². The molecular weight excluding hydrogens is 464 g/mol. The lowest BCUT2D eigenvalue weighted by Crippen LogP contribution is -2.54. The van der Waals surface area contributed by atoms with E-state index in [9.17, 15) is 9.59 Å². The van der Waals surface area contributed by atoms with Crippen LogP contribution in [0.3, 0.4) is 0 Å². The van der Waals surface area contributed by atoms with Gasteiger partial charge in [0.15, 0.2) is 0 Å². The summed E-state index contributed by atoms with van der Waals surface area (Å²) in [6.45, 7) is 8.58. The van der Waals surface area contributed by atoms with Crippen molar-refractivity contribution in [1.29, 1.82) is 0 Å². The first-order valence-electron chi connectivity index (χ1n) is 13.6. The van der Waals surface area contributed by atoms with Gasteiger partial charge in [0.05, 0.1) is 29.7 Å². The number of aromatic nitrogens is 2.